The van der Waals surface area contributed by atoms with Gasteiger partial charge in [-0.1, -0.05) is 0 Å². The predicted molar refractivity (Wildman–Crippen MR) is 36.8 cm³/mol. The number of aliphatic hydroxyl groups excluding tert-OH is 1. The summed E-state index contributed by atoms with van der Waals surface area (Å²) in [6.45, 7) is -3.01. The van der Waals surface area contributed by atoms with Crippen LogP contribution in [0.3, 0.4) is 0 Å². The molecule has 0 spiro atoms. The lowest BCUT2D eigenvalue weighted by Gasteiger charge is -2.13. The van der Waals surface area contributed by atoms with E-state index in [4.69, 9.17) is 10.8 Å². The minimum atomic E-state index is -3.30. The standard InChI is InChI=1S/C6H12F3NO2/c7-5(1-10)2-12-4-6(8,9)3-11/h5,11H,1-4,10H2. The first-order valence-corrected chi connectivity index (χ1v) is 3.42. The molecule has 0 aliphatic heterocycles. The van der Waals surface area contributed by atoms with Crippen molar-refractivity contribution >= 4 is 0 Å². The van der Waals surface area contributed by atoms with Crippen LogP contribution in [0, 0.1) is 0 Å². The Morgan fingerprint density at radius 2 is 2.08 bits per heavy atom. The first-order chi connectivity index (χ1) is 5.52. The third kappa shape index (κ3) is 5.34. The summed E-state index contributed by atoms with van der Waals surface area (Å²) >= 11 is 0. The second-order valence-corrected chi connectivity index (χ2v) is 2.36. The fourth-order valence-electron chi connectivity index (χ4n) is 0.450. The van der Waals surface area contributed by atoms with Crippen molar-refractivity contribution in [2.75, 3.05) is 26.4 Å². The van der Waals surface area contributed by atoms with Crippen molar-refractivity contribution in [3.8, 4) is 0 Å². The number of ether oxygens (including phenoxy) is 1. The van der Waals surface area contributed by atoms with Crippen LogP contribution in [0.2, 0.25) is 0 Å². The van der Waals surface area contributed by atoms with E-state index in [0.717, 1.165) is 0 Å². The second-order valence-electron chi connectivity index (χ2n) is 2.36. The number of hydrogen-bond donors (Lipinski definition) is 2. The van der Waals surface area contributed by atoms with E-state index in [1.165, 1.54) is 0 Å². The van der Waals surface area contributed by atoms with Gasteiger partial charge in [-0.3, -0.25) is 0 Å². The topological polar surface area (TPSA) is 55.5 Å². The van der Waals surface area contributed by atoms with Crippen LogP contribution in [0.5, 0.6) is 0 Å². The van der Waals surface area contributed by atoms with E-state index in [0.29, 0.717) is 0 Å². The third-order valence-corrected chi connectivity index (χ3v) is 1.10. The predicted octanol–water partition coefficient (Wildman–Crippen LogP) is -0.0726. The highest BCUT2D eigenvalue weighted by Crippen LogP contribution is 2.12. The summed E-state index contributed by atoms with van der Waals surface area (Å²) in [6.07, 6.45) is -1.43. The van der Waals surface area contributed by atoms with E-state index >= 15 is 0 Å². The highest BCUT2D eigenvalue weighted by atomic mass is 19.3. The Labute approximate surface area is 68.3 Å². The highest BCUT2D eigenvalue weighted by molar-refractivity contribution is 4.63. The lowest BCUT2D eigenvalue weighted by molar-refractivity contribution is -0.112. The number of hydrogen-bond acceptors (Lipinski definition) is 3. The number of halogens is 3. The Morgan fingerprint density at radius 1 is 1.50 bits per heavy atom. The van der Waals surface area contributed by atoms with Crippen LogP contribution in [0.4, 0.5) is 13.2 Å². The van der Waals surface area contributed by atoms with Gasteiger partial charge in [-0.25, -0.2) is 13.2 Å². The Bertz CT molecular complexity index is 123. The summed E-state index contributed by atoms with van der Waals surface area (Å²) in [5.41, 5.74) is 4.86. The molecule has 0 aromatic heterocycles. The molecule has 0 rings (SSSR count). The molecular weight excluding hydrogens is 175 g/mol. The molecule has 0 aromatic rings. The van der Waals surface area contributed by atoms with E-state index in [1.807, 2.05) is 0 Å². The molecule has 6 heteroatoms. The largest absolute Gasteiger partial charge is 0.390 e. The van der Waals surface area contributed by atoms with E-state index < -0.39 is 31.9 Å². The SMILES string of the molecule is NCC(F)COCC(F)(F)CO. The monoisotopic (exact) mass is 187 g/mol. The number of rotatable bonds is 6. The van der Waals surface area contributed by atoms with Crippen molar-refractivity contribution in [3.05, 3.63) is 0 Å². The zero-order chi connectivity index (χ0) is 9.61. The van der Waals surface area contributed by atoms with Crippen molar-refractivity contribution in [2.24, 2.45) is 5.73 Å². The van der Waals surface area contributed by atoms with Gasteiger partial charge in [-0.2, -0.15) is 0 Å². The van der Waals surface area contributed by atoms with E-state index in [9.17, 15) is 13.2 Å². The molecule has 0 saturated heterocycles. The molecular formula is C6H12F3NO2. The smallest absolute Gasteiger partial charge is 0.293 e. The maximum Gasteiger partial charge on any atom is 0.293 e. The second kappa shape index (κ2) is 5.34. The van der Waals surface area contributed by atoms with Crippen molar-refractivity contribution in [3.63, 3.8) is 0 Å². The van der Waals surface area contributed by atoms with Gasteiger partial charge < -0.3 is 15.6 Å². The molecule has 0 fully saturated rings. The lowest BCUT2D eigenvalue weighted by atomic mass is 10.4. The number of aliphatic hydroxyl groups is 1. The van der Waals surface area contributed by atoms with Gasteiger partial charge in [0.05, 0.1) is 6.61 Å². The number of alkyl halides is 3. The van der Waals surface area contributed by atoms with E-state index in [-0.39, 0.29) is 6.54 Å². The molecule has 0 saturated carbocycles. The van der Waals surface area contributed by atoms with Crippen LogP contribution in [0.25, 0.3) is 0 Å². The quantitative estimate of drug-likeness (QED) is 0.611. The van der Waals surface area contributed by atoms with Gasteiger partial charge in [0.15, 0.2) is 0 Å². The van der Waals surface area contributed by atoms with Crippen molar-refractivity contribution in [2.45, 2.75) is 12.1 Å². The Kier molecular flexibility index (Phi) is 5.19. The highest BCUT2D eigenvalue weighted by Gasteiger charge is 2.28. The zero-order valence-electron chi connectivity index (χ0n) is 6.47. The van der Waals surface area contributed by atoms with Gasteiger partial charge in [0.2, 0.25) is 0 Å². The summed E-state index contributed by atoms with van der Waals surface area (Å²) in [4.78, 5) is 0. The summed E-state index contributed by atoms with van der Waals surface area (Å²) < 4.78 is 40.9. The molecule has 0 aliphatic carbocycles. The van der Waals surface area contributed by atoms with Crippen molar-refractivity contribution in [1.82, 2.24) is 0 Å². The molecule has 3 N–H and O–H groups in total. The minimum absolute atomic E-state index is 0.259. The van der Waals surface area contributed by atoms with Crippen LogP contribution in [-0.2, 0) is 4.74 Å². The lowest BCUT2D eigenvalue weighted by Crippen LogP contribution is -2.31. The molecule has 12 heavy (non-hydrogen) atoms. The Hall–Kier alpha value is -0.330. The van der Waals surface area contributed by atoms with Crippen LogP contribution < -0.4 is 5.73 Å². The molecule has 0 heterocycles. The van der Waals surface area contributed by atoms with Crippen molar-refractivity contribution in [1.29, 1.82) is 0 Å². The molecule has 3 nitrogen and oxygen atoms in total. The molecule has 1 unspecified atom stereocenters. The van der Waals surface area contributed by atoms with E-state index in [2.05, 4.69) is 4.74 Å². The molecule has 0 bridgehead atoms. The van der Waals surface area contributed by atoms with Crippen LogP contribution in [0.15, 0.2) is 0 Å². The first-order valence-electron chi connectivity index (χ1n) is 3.42. The van der Waals surface area contributed by atoms with Crippen molar-refractivity contribution < 1.29 is 23.0 Å². The Morgan fingerprint density at radius 3 is 2.50 bits per heavy atom. The summed E-state index contributed by atoms with van der Waals surface area (Å²) in [5, 5.41) is 8.07. The van der Waals surface area contributed by atoms with Gasteiger partial charge in [0.1, 0.15) is 19.4 Å². The molecule has 0 aliphatic rings. The minimum Gasteiger partial charge on any atom is -0.390 e. The van der Waals surface area contributed by atoms with Gasteiger partial charge in [-0.05, 0) is 0 Å². The molecule has 0 amide bonds. The maximum absolute atomic E-state index is 12.3. The van der Waals surface area contributed by atoms with Gasteiger partial charge in [-0.15, -0.1) is 0 Å². The van der Waals surface area contributed by atoms with Gasteiger partial charge >= 0.3 is 0 Å². The summed E-state index contributed by atoms with van der Waals surface area (Å²) in [7, 11) is 0. The van der Waals surface area contributed by atoms with Crippen LogP contribution in [0.1, 0.15) is 0 Å². The fraction of sp³-hybridized carbons (Fsp3) is 1.00. The average molecular weight is 187 g/mol. The molecule has 0 aromatic carbocycles. The molecule has 1 atom stereocenters. The summed E-state index contributed by atoms with van der Waals surface area (Å²) in [5.74, 6) is -3.30. The number of nitrogens with two attached hydrogens (primary N) is 1. The van der Waals surface area contributed by atoms with Crippen LogP contribution >= 0.6 is 0 Å². The van der Waals surface area contributed by atoms with E-state index in [1.54, 1.807) is 0 Å². The van der Waals surface area contributed by atoms with Crippen LogP contribution in [-0.4, -0.2) is 43.6 Å². The fourth-order valence-corrected chi connectivity index (χ4v) is 0.450. The first kappa shape index (κ1) is 11.7. The molecule has 0 radical (unpaired) electrons. The third-order valence-electron chi connectivity index (χ3n) is 1.10. The van der Waals surface area contributed by atoms with Gasteiger partial charge in [0, 0.05) is 6.54 Å². The maximum atomic E-state index is 12.3. The summed E-state index contributed by atoms with van der Waals surface area (Å²) in [6, 6.07) is 0. The Balaban J connectivity index is 3.42. The normalized spacial score (nSPS) is 14.8. The molecule has 74 valence electrons. The van der Waals surface area contributed by atoms with Gasteiger partial charge in [0.25, 0.3) is 5.92 Å². The average Bonchev–Trinajstić information content (AvgIpc) is 2.04. The zero-order valence-corrected chi connectivity index (χ0v) is 6.47.